The normalized spacial score (nSPS) is 12.2. The van der Waals surface area contributed by atoms with Crippen LogP contribution in [0.4, 0.5) is 0 Å². The molecular weight excluding hydrogens is 230 g/mol. The van der Waals surface area contributed by atoms with Gasteiger partial charge in [0.2, 0.25) is 5.91 Å². The third-order valence-corrected chi connectivity index (χ3v) is 2.82. The summed E-state index contributed by atoms with van der Waals surface area (Å²) in [5.74, 6) is 0.769. The molecule has 0 aliphatic heterocycles. The fourth-order valence-corrected chi connectivity index (χ4v) is 1.39. The molecule has 0 rings (SSSR count). The summed E-state index contributed by atoms with van der Waals surface area (Å²) in [5, 5.41) is 2.83. The number of amides is 1. The van der Waals surface area contributed by atoms with E-state index >= 15 is 0 Å². The Morgan fingerprint density at radius 2 is 1.94 bits per heavy atom. The summed E-state index contributed by atoms with van der Waals surface area (Å²) >= 11 is 0. The molecule has 0 aromatic heterocycles. The molecule has 0 aromatic carbocycles. The number of ether oxygens (including phenoxy) is 1. The third kappa shape index (κ3) is 11.6. The van der Waals surface area contributed by atoms with Crippen LogP contribution in [0, 0.1) is 5.92 Å². The predicted molar refractivity (Wildman–Crippen MR) is 72.4 cm³/mol. The van der Waals surface area contributed by atoms with Crippen LogP contribution in [0.15, 0.2) is 0 Å². The van der Waals surface area contributed by atoms with Crippen LogP contribution in [0.5, 0.6) is 0 Å². The number of ketones is 1. The molecule has 0 bridgehead atoms. The van der Waals surface area contributed by atoms with Crippen molar-refractivity contribution in [1.29, 1.82) is 0 Å². The highest BCUT2D eigenvalue weighted by Crippen LogP contribution is 2.00. The minimum absolute atomic E-state index is 0.0261. The number of hydrogen-bond acceptors (Lipinski definition) is 3. The first-order chi connectivity index (χ1) is 8.56. The molecule has 0 saturated heterocycles. The Labute approximate surface area is 110 Å². The van der Waals surface area contributed by atoms with Crippen molar-refractivity contribution in [2.24, 2.45) is 5.92 Å². The molecule has 0 fully saturated rings. The van der Waals surface area contributed by atoms with Crippen LogP contribution in [-0.4, -0.2) is 31.4 Å². The molecule has 0 aliphatic carbocycles. The second-order valence-corrected chi connectivity index (χ2v) is 4.85. The van der Waals surface area contributed by atoms with E-state index in [1.54, 1.807) is 6.92 Å². The summed E-state index contributed by atoms with van der Waals surface area (Å²) in [7, 11) is 0. The maximum absolute atomic E-state index is 11.3. The summed E-state index contributed by atoms with van der Waals surface area (Å²) in [5.41, 5.74) is 0. The molecule has 1 atom stereocenters. The molecule has 0 aliphatic rings. The number of hydrogen-bond donors (Lipinski definition) is 1. The van der Waals surface area contributed by atoms with Gasteiger partial charge in [-0.25, -0.2) is 0 Å². The van der Waals surface area contributed by atoms with E-state index < -0.39 is 0 Å². The van der Waals surface area contributed by atoms with E-state index in [9.17, 15) is 9.59 Å². The summed E-state index contributed by atoms with van der Waals surface area (Å²) < 4.78 is 5.48. The van der Waals surface area contributed by atoms with E-state index in [1.165, 1.54) is 0 Å². The molecule has 0 saturated carbocycles. The smallest absolute Gasteiger partial charge is 0.220 e. The molecule has 0 spiro atoms. The maximum atomic E-state index is 11.3. The lowest BCUT2D eigenvalue weighted by atomic mass is 10.1. The molecule has 106 valence electrons. The Morgan fingerprint density at radius 3 is 2.56 bits per heavy atom. The Balaban J connectivity index is 3.27. The topological polar surface area (TPSA) is 55.4 Å². The van der Waals surface area contributed by atoms with Crippen LogP contribution in [0.25, 0.3) is 0 Å². The SMILES string of the molecule is CCC(C)COCCCNC(=O)CCCC(C)=O. The van der Waals surface area contributed by atoms with Crippen LogP contribution < -0.4 is 5.32 Å². The summed E-state index contributed by atoms with van der Waals surface area (Å²) in [6, 6.07) is 0. The number of carbonyl (C=O) groups is 2. The third-order valence-electron chi connectivity index (χ3n) is 2.82. The first kappa shape index (κ1) is 17.1. The van der Waals surface area contributed by atoms with Gasteiger partial charge in [-0.2, -0.15) is 0 Å². The minimum Gasteiger partial charge on any atom is -0.381 e. The van der Waals surface area contributed by atoms with Gasteiger partial charge in [0.1, 0.15) is 5.78 Å². The van der Waals surface area contributed by atoms with Crippen molar-refractivity contribution in [3.8, 4) is 0 Å². The molecule has 1 N–H and O–H groups in total. The Kier molecular flexibility index (Phi) is 10.6. The second-order valence-electron chi connectivity index (χ2n) is 4.85. The van der Waals surface area contributed by atoms with Gasteiger partial charge in [-0.05, 0) is 25.7 Å². The van der Waals surface area contributed by atoms with E-state index in [2.05, 4.69) is 19.2 Å². The van der Waals surface area contributed by atoms with Gasteiger partial charge < -0.3 is 14.8 Å². The van der Waals surface area contributed by atoms with E-state index in [0.29, 0.717) is 38.3 Å². The standard InChI is InChI=1S/C14H27NO3/c1-4-12(2)11-18-10-6-9-15-14(17)8-5-7-13(3)16/h12H,4-11H2,1-3H3,(H,15,17). The van der Waals surface area contributed by atoms with Crippen molar-refractivity contribution in [2.45, 2.75) is 52.9 Å². The highest BCUT2D eigenvalue weighted by molar-refractivity contribution is 5.78. The van der Waals surface area contributed by atoms with Crippen molar-refractivity contribution >= 4 is 11.7 Å². The molecule has 4 heteroatoms. The van der Waals surface area contributed by atoms with Crippen molar-refractivity contribution in [2.75, 3.05) is 19.8 Å². The minimum atomic E-state index is 0.0261. The van der Waals surface area contributed by atoms with Gasteiger partial charge in [0, 0.05) is 32.6 Å². The monoisotopic (exact) mass is 257 g/mol. The lowest BCUT2D eigenvalue weighted by Crippen LogP contribution is -2.25. The summed E-state index contributed by atoms with van der Waals surface area (Å²) in [6.45, 7) is 8.00. The van der Waals surface area contributed by atoms with Gasteiger partial charge in [-0.15, -0.1) is 0 Å². The van der Waals surface area contributed by atoms with Gasteiger partial charge >= 0.3 is 0 Å². The molecular formula is C14H27NO3. The van der Waals surface area contributed by atoms with Crippen molar-refractivity contribution in [1.82, 2.24) is 5.32 Å². The van der Waals surface area contributed by atoms with Gasteiger partial charge in [0.25, 0.3) is 0 Å². The average Bonchev–Trinajstić information content (AvgIpc) is 2.32. The largest absolute Gasteiger partial charge is 0.381 e. The molecule has 1 unspecified atom stereocenters. The summed E-state index contributed by atoms with van der Waals surface area (Å²) in [6.07, 6.45) is 3.55. The molecule has 4 nitrogen and oxygen atoms in total. The highest BCUT2D eigenvalue weighted by atomic mass is 16.5. The predicted octanol–water partition coefficient (Wildman–Crippen LogP) is 2.31. The van der Waals surface area contributed by atoms with Gasteiger partial charge in [0.05, 0.1) is 0 Å². The highest BCUT2D eigenvalue weighted by Gasteiger charge is 2.02. The van der Waals surface area contributed by atoms with E-state index in [0.717, 1.165) is 19.4 Å². The Bertz CT molecular complexity index is 241. The fourth-order valence-electron chi connectivity index (χ4n) is 1.39. The van der Waals surface area contributed by atoms with Crippen molar-refractivity contribution in [3.05, 3.63) is 0 Å². The molecule has 0 radical (unpaired) electrons. The molecule has 0 heterocycles. The lowest BCUT2D eigenvalue weighted by molar-refractivity contribution is -0.121. The zero-order chi connectivity index (χ0) is 13.8. The van der Waals surface area contributed by atoms with Crippen molar-refractivity contribution < 1.29 is 14.3 Å². The van der Waals surface area contributed by atoms with Crippen molar-refractivity contribution in [3.63, 3.8) is 0 Å². The number of carbonyl (C=O) groups excluding carboxylic acids is 2. The van der Waals surface area contributed by atoms with E-state index in [1.807, 2.05) is 0 Å². The number of Topliss-reactive ketones (excluding diaryl/α,β-unsaturated/α-hetero) is 1. The van der Waals surface area contributed by atoms with Crippen LogP contribution in [-0.2, 0) is 14.3 Å². The quantitative estimate of drug-likeness (QED) is 0.578. The molecule has 0 aromatic rings. The zero-order valence-corrected chi connectivity index (χ0v) is 12.0. The Morgan fingerprint density at radius 1 is 1.22 bits per heavy atom. The zero-order valence-electron chi connectivity index (χ0n) is 12.0. The van der Waals surface area contributed by atoms with Gasteiger partial charge in [0.15, 0.2) is 0 Å². The van der Waals surface area contributed by atoms with Gasteiger partial charge in [-0.3, -0.25) is 4.79 Å². The van der Waals surface area contributed by atoms with Crippen LogP contribution in [0.2, 0.25) is 0 Å². The second kappa shape index (κ2) is 11.2. The maximum Gasteiger partial charge on any atom is 0.220 e. The van der Waals surface area contributed by atoms with Gasteiger partial charge in [-0.1, -0.05) is 20.3 Å². The van der Waals surface area contributed by atoms with E-state index in [4.69, 9.17) is 4.74 Å². The number of nitrogens with one attached hydrogen (secondary N) is 1. The first-order valence-electron chi connectivity index (χ1n) is 6.90. The fraction of sp³-hybridized carbons (Fsp3) is 0.857. The Hall–Kier alpha value is -0.900. The lowest BCUT2D eigenvalue weighted by Gasteiger charge is -2.09. The summed E-state index contributed by atoms with van der Waals surface area (Å²) in [4.78, 5) is 22.0. The first-order valence-corrected chi connectivity index (χ1v) is 6.90. The van der Waals surface area contributed by atoms with Crippen LogP contribution >= 0.6 is 0 Å². The molecule has 18 heavy (non-hydrogen) atoms. The molecule has 1 amide bonds. The van der Waals surface area contributed by atoms with Crippen LogP contribution in [0.1, 0.15) is 52.9 Å². The van der Waals surface area contributed by atoms with Crippen LogP contribution in [0.3, 0.4) is 0 Å². The van der Waals surface area contributed by atoms with E-state index in [-0.39, 0.29) is 11.7 Å². The number of rotatable bonds is 11. The average molecular weight is 257 g/mol.